The number of nitrogens with zero attached hydrogens (tertiary/aromatic N) is 2. The number of ether oxygens (including phenoxy) is 3. The van der Waals surface area contributed by atoms with Gasteiger partial charge in [-0.15, -0.1) is 0 Å². The number of aliphatic hydroxyl groups is 2. The van der Waals surface area contributed by atoms with Gasteiger partial charge in [-0.1, -0.05) is 29.3 Å². The van der Waals surface area contributed by atoms with Crippen LogP contribution in [0.25, 0.3) is 10.9 Å². The molecule has 33 heavy (non-hydrogen) atoms. The van der Waals surface area contributed by atoms with Gasteiger partial charge in [-0.2, -0.15) is 0 Å². The van der Waals surface area contributed by atoms with E-state index in [1.807, 2.05) is 43.5 Å². The summed E-state index contributed by atoms with van der Waals surface area (Å²) in [7, 11) is 0. The maximum atomic E-state index is 10.5. The Bertz CT molecular complexity index is 1210. The second kappa shape index (κ2) is 9.16. The fraction of sp³-hybridized carbons (Fsp3) is 0.375. The molecule has 4 atom stereocenters. The Morgan fingerprint density at radius 3 is 2.79 bits per heavy atom. The highest BCUT2D eigenvalue weighted by Gasteiger charge is 2.44. The molecule has 1 fully saturated rings. The third kappa shape index (κ3) is 4.32. The lowest BCUT2D eigenvalue weighted by atomic mass is 10.0. The fourth-order valence-electron chi connectivity index (χ4n) is 4.35. The van der Waals surface area contributed by atoms with Crippen molar-refractivity contribution < 1.29 is 24.4 Å². The van der Waals surface area contributed by atoms with E-state index in [0.29, 0.717) is 35.5 Å². The molecule has 2 N–H and O–H groups in total. The van der Waals surface area contributed by atoms with Crippen molar-refractivity contribution in [2.45, 2.75) is 44.4 Å². The fourth-order valence-corrected chi connectivity index (χ4v) is 4.67. The van der Waals surface area contributed by atoms with Crippen molar-refractivity contribution in [2.24, 2.45) is 4.99 Å². The van der Waals surface area contributed by atoms with Crippen LogP contribution in [0, 0.1) is 0 Å². The molecule has 0 aliphatic carbocycles. The van der Waals surface area contributed by atoms with Crippen LogP contribution in [-0.4, -0.2) is 58.4 Å². The summed E-state index contributed by atoms with van der Waals surface area (Å²) in [6.07, 6.45) is 0.342. The third-order valence-corrected chi connectivity index (χ3v) is 6.67. The predicted octanol–water partition coefficient (Wildman–Crippen LogP) is 4.01. The molecule has 9 heteroatoms. The van der Waals surface area contributed by atoms with E-state index in [0.717, 1.165) is 27.8 Å². The zero-order valence-electron chi connectivity index (χ0n) is 17.9. The highest BCUT2D eigenvalue weighted by atomic mass is 35.5. The summed E-state index contributed by atoms with van der Waals surface area (Å²) in [5, 5.41) is 21.9. The Hall–Kier alpha value is -2.29. The second-order valence-corrected chi connectivity index (χ2v) is 9.00. The molecule has 0 radical (unpaired) electrons. The molecular formula is C24H24Cl2N2O5. The normalized spacial score (nSPS) is 24.5. The van der Waals surface area contributed by atoms with Crippen LogP contribution >= 0.6 is 23.2 Å². The largest absolute Gasteiger partial charge is 0.494 e. The molecular weight excluding hydrogens is 467 g/mol. The molecule has 1 aromatic heterocycles. The smallest absolute Gasteiger partial charge is 0.227 e. The first-order chi connectivity index (χ1) is 16.0. The number of aliphatic hydroxyl groups excluding tert-OH is 2. The van der Waals surface area contributed by atoms with Crippen LogP contribution in [0.1, 0.15) is 24.5 Å². The first kappa shape index (κ1) is 22.5. The van der Waals surface area contributed by atoms with Crippen molar-refractivity contribution >= 4 is 40.0 Å². The Kier molecular flexibility index (Phi) is 6.24. The van der Waals surface area contributed by atoms with Gasteiger partial charge < -0.3 is 29.0 Å². The van der Waals surface area contributed by atoms with Crippen LogP contribution in [-0.2, 0) is 16.0 Å². The maximum Gasteiger partial charge on any atom is 0.227 e. The van der Waals surface area contributed by atoms with E-state index in [1.54, 1.807) is 6.07 Å². The minimum atomic E-state index is -0.743. The van der Waals surface area contributed by atoms with Crippen LogP contribution in [0.15, 0.2) is 47.6 Å². The van der Waals surface area contributed by atoms with Crippen molar-refractivity contribution in [3.8, 4) is 5.75 Å². The highest BCUT2D eigenvalue weighted by molar-refractivity contribution is 6.42. The molecule has 7 nitrogen and oxygen atoms in total. The summed E-state index contributed by atoms with van der Waals surface area (Å²) in [5.74, 6) is 1.17. The molecule has 5 rings (SSSR count). The zero-order valence-corrected chi connectivity index (χ0v) is 19.5. The van der Waals surface area contributed by atoms with Crippen LogP contribution in [0.2, 0.25) is 10.0 Å². The third-order valence-electron chi connectivity index (χ3n) is 5.93. The van der Waals surface area contributed by atoms with Gasteiger partial charge in [-0.05, 0) is 36.8 Å². The van der Waals surface area contributed by atoms with E-state index < -0.39 is 24.5 Å². The second-order valence-electron chi connectivity index (χ2n) is 8.19. The van der Waals surface area contributed by atoms with Crippen molar-refractivity contribution in [1.82, 2.24) is 4.57 Å². The number of aromatic nitrogens is 1. The average Bonchev–Trinajstić information content (AvgIpc) is 3.38. The van der Waals surface area contributed by atoms with Gasteiger partial charge in [-0.25, -0.2) is 4.99 Å². The SMILES string of the molecule is CCOc1ccc2c(C3=N[C@@H]4C(O)CC(CO)O[C@@H]4O3)cn(Cc3ccc(Cl)c(Cl)c3)c2c1. The molecule has 0 spiro atoms. The highest BCUT2D eigenvalue weighted by Crippen LogP contribution is 2.34. The summed E-state index contributed by atoms with van der Waals surface area (Å²) in [5.41, 5.74) is 2.72. The quantitative estimate of drug-likeness (QED) is 0.545. The average molecular weight is 491 g/mol. The molecule has 0 bridgehead atoms. The maximum absolute atomic E-state index is 10.5. The number of hydrogen-bond donors (Lipinski definition) is 2. The van der Waals surface area contributed by atoms with Gasteiger partial charge in [0.2, 0.25) is 12.2 Å². The van der Waals surface area contributed by atoms with Gasteiger partial charge >= 0.3 is 0 Å². The molecule has 2 aliphatic rings. The van der Waals surface area contributed by atoms with Gasteiger partial charge in [0, 0.05) is 30.6 Å². The zero-order chi connectivity index (χ0) is 23.1. The first-order valence-electron chi connectivity index (χ1n) is 10.9. The van der Waals surface area contributed by atoms with Crippen molar-refractivity contribution in [3.63, 3.8) is 0 Å². The summed E-state index contributed by atoms with van der Waals surface area (Å²) >= 11 is 12.3. The van der Waals surface area contributed by atoms with Crippen LogP contribution in [0.3, 0.4) is 0 Å². The van der Waals surface area contributed by atoms with Gasteiger partial charge in [0.15, 0.2) is 0 Å². The molecule has 1 saturated heterocycles. The monoisotopic (exact) mass is 490 g/mol. The van der Waals surface area contributed by atoms with E-state index >= 15 is 0 Å². The van der Waals surface area contributed by atoms with Crippen molar-refractivity contribution in [3.05, 3.63) is 63.8 Å². The van der Waals surface area contributed by atoms with Gasteiger partial charge in [0.1, 0.15) is 11.8 Å². The lowest BCUT2D eigenvalue weighted by molar-refractivity contribution is -0.189. The minimum absolute atomic E-state index is 0.178. The summed E-state index contributed by atoms with van der Waals surface area (Å²) < 4.78 is 19.6. The molecule has 174 valence electrons. The summed E-state index contributed by atoms with van der Waals surface area (Å²) in [6.45, 7) is 2.88. The Balaban J connectivity index is 1.54. The van der Waals surface area contributed by atoms with Gasteiger partial charge in [0.25, 0.3) is 0 Å². The topological polar surface area (TPSA) is 85.4 Å². The minimum Gasteiger partial charge on any atom is -0.494 e. The number of benzene rings is 2. The number of rotatable bonds is 6. The van der Waals surface area contributed by atoms with E-state index in [9.17, 15) is 10.2 Å². The van der Waals surface area contributed by atoms with E-state index in [-0.39, 0.29) is 6.61 Å². The number of fused-ring (bicyclic) bond motifs is 2. The summed E-state index contributed by atoms with van der Waals surface area (Å²) in [4.78, 5) is 4.64. The number of hydrogen-bond acceptors (Lipinski definition) is 6. The summed E-state index contributed by atoms with van der Waals surface area (Å²) in [6, 6.07) is 10.9. The van der Waals surface area contributed by atoms with Crippen molar-refractivity contribution in [1.29, 1.82) is 0 Å². The number of aliphatic imine (C=N–C) groups is 1. The Morgan fingerprint density at radius 1 is 1.18 bits per heavy atom. The molecule has 0 amide bonds. The van der Waals surface area contributed by atoms with Crippen LogP contribution in [0.5, 0.6) is 5.75 Å². The lowest BCUT2D eigenvalue weighted by Gasteiger charge is -2.32. The molecule has 0 saturated carbocycles. The molecule has 2 unspecified atom stereocenters. The standard InChI is InChI=1S/C24H24Cl2N2O5/c1-2-31-14-4-5-16-17(23-27-22-21(30)9-15(12-29)32-24(22)33-23)11-28(20(16)8-14)10-13-3-6-18(25)19(26)7-13/h3-8,11,15,21-22,24,29-30H,2,9-10,12H2,1H3/t15?,21?,22-,24-/m1/s1. The molecule has 2 aromatic carbocycles. The van der Waals surface area contributed by atoms with Gasteiger partial charge in [-0.3, -0.25) is 0 Å². The Morgan fingerprint density at radius 2 is 2.03 bits per heavy atom. The Labute approximate surface area is 201 Å². The van der Waals surface area contributed by atoms with Crippen LogP contribution < -0.4 is 4.74 Å². The van der Waals surface area contributed by atoms with E-state index in [4.69, 9.17) is 37.4 Å². The number of halogens is 2. The predicted molar refractivity (Wildman–Crippen MR) is 126 cm³/mol. The van der Waals surface area contributed by atoms with E-state index in [1.165, 1.54) is 0 Å². The van der Waals surface area contributed by atoms with Crippen molar-refractivity contribution in [2.75, 3.05) is 13.2 Å². The lowest BCUT2D eigenvalue weighted by Crippen LogP contribution is -2.47. The first-order valence-corrected chi connectivity index (χ1v) is 11.6. The van der Waals surface area contributed by atoms with Gasteiger partial charge in [0.05, 0.1) is 46.5 Å². The van der Waals surface area contributed by atoms with Crippen LogP contribution in [0.4, 0.5) is 0 Å². The molecule has 3 heterocycles. The van der Waals surface area contributed by atoms with E-state index in [2.05, 4.69) is 9.56 Å². The molecule has 2 aliphatic heterocycles. The molecule has 3 aromatic rings.